The lowest BCUT2D eigenvalue weighted by molar-refractivity contribution is 0.0697. The van der Waals surface area contributed by atoms with Gasteiger partial charge in [0.15, 0.2) is 5.16 Å². The molecule has 0 fully saturated rings. The first kappa shape index (κ1) is 10.8. The van der Waals surface area contributed by atoms with Crippen LogP contribution in [0.3, 0.4) is 0 Å². The van der Waals surface area contributed by atoms with E-state index in [0.717, 1.165) is 0 Å². The number of nitrogens with one attached hydrogen (secondary N) is 1. The molecule has 6 heteroatoms. The van der Waals surface area contributed by atoms with Crippen LogP contribution in [-0.4, -0.2) is 33.8 Å². The lowest BCUT2D eigenvalue weighted by Crippen LogP contribution is -2.09. The van der Waals surface area contributed by atoms with Crippen molar-refractivity contribution >= 4 is 23.5 Å². The minimum atomic E-state index is -1.02. The van der Waals surface area contributed by atoms with Crippen molar-refractivity contribution in [3.05, 3.63) is 11.8 Å². The zero-order valence-electron chi connectivity index (χ0n) is 7.94. The molecule has 5 nitrogen and oxygen atoms in total. The van der Waals surface area contributed by atoms with Crippen molar-refractivity contribution < 1.29 is 9.90 Å². The van der Waals surface area contributed by atoms with E-state index in [9.17, 15) is 4.79 Å². The summed E-state index contributed by atoms with van der Waals surface area (Å²) in [6.07, 6.45) is 3.16. The lowest BCUT2D eigenvalue weighted by Gasteiger charge is -2.06. The Hall–Kier alpha value is -1.30. The Bertz CT molecular complexity index is 343. The number of anilines is 1. The minimum Gasteiger partial charge on any atom is -0.477 e. The first-order chi connectivity index (χ1) is 6.69. The number of thioether (sulfide) groups is 1. The van der Waals surface area contributed by atoms with Gasteiger partial charge in [0.05, 0.1) is 0 Å². The van der Waals surface area contributed by atoms with Crippen molar-refractivity contribution in [1.82, 2.24) is 9.97 Å². The Labute approximate surface area is 86.0 Å². The molecule has 0 atom stereocenters. The van der Waals surface area contributed by atoms with Gasteiger partial charge in [-0.2, -0.15) is 0 Å². The molecule has 0 saturated carbocycles. The van der Waals surface area contributed by atoms with Gasteiger partial charge in [0, 0.05) is 12.7 Å². The summed E-state index contributed by atoms with van der Waals surface area (Å²) in [6, 6.07) is 0. The van der Waals surface area contributed by atoms with E-state index < -0.39 is 5.97 Å². The van der Waals surface area contributed by atoms with Gasteiger partial charge in [0.2, 0.25) is 0 Å². The molecule has 0 radical (unpaired) electrons. The number of hydrogen-bond acceptors (Lipinski definition) is 5. The highest BCUT2D eigenvalue weighted by Crippen LogP contribution is 2.16. The van der Waals surface area contributed by atoms with Crippen LogP contribution in [0.4, 0.5) is 5.82 Å². The Morgan fingerprint density at radius 1 is 1.71 bits per heavy atom. The van der Waals surface area contributed by atoms with Crippen LogP contribution >= 0.6 is 11.8 Å². The smallest absolute Gasteiger partial charge is 0.341 e. The molecule has 1 aromatic rings. The van der Waals surface area contributed by atoms with Crippen LogP contribution in [0.1, 0.15) is 17.3 Å². The van der Waals surface area contributed by atoms with Gasteiger partial charge in [0.25, 0.3) is 0 Å². The van der Waals surface area contributed by atoms with Crippen LogP contribution in [-0.2, 0) is 0 Å². The summed E-state index contributed by atoms with van der Waals surface area (Å²) in [6.45, 7) is 2.51. The van der Waals surface area contributed by atoms with E-state index in [1.807, 2.05) is 13.2 Å². The quantitative estimate of drug-likeness (QED) is 0.580. The number of nitrogens with zero attached hydrogens (tertiary/aromatic N) is 2. The Morgan fingerprint density at radius 2 is 2.43 bits per heavy atom. The molecular formula is C8H11N3O2S. The average molecular weight is 213 g/mol. The molecule has 0 aromatic carbocycles. The third-order valence-corrected chi connectivity index (χ3v) is 2.09. The average Bonchev–Trinajstić information content (AvgIpc) is 2.17. The SMILES string of the molecule is CCNc1nc(SC)ncc1C(=O)O. The van der Waals surface area contributed by atoms with Gasteiger partial charge in [0.1, 0.15) is 11.4 Å². The molecule has 1 aromatic heterocycles. The fraction of sp³-hybridized carbons (Fsp3) is 0.375. The maximum atomic E-state index is 10.8. The number of hydrogen-bond donors (Lipinski definition) is 2. The first-order valence-electron chi connectivity index (χ1n) is 4.07. The number of carbonyl (C=O) groups is 1. The van der Waals surface area contributed by atoms with Crippen molar-refractivity contribution in [3.8, 4) is 0 Å². The monoisotopic (exact) mass is 213 g/mol. The number of aromatic nitrogens is 2. The predicted molar refractivity (Wildman–Crippen MR) is 54.9 cm³/mol. The molecule has 0 aliphatic rings. The van der Waals surface area contributed by atoms with Gasteiger partial charge >= 0.3 is 5.97 Å². The number of rotatable bonds is 4. The van der Waals surface area contributed by atoms with E-state index in [4.69, 9.17) is 5.11 Å². The van der Waals surface area contributed by atoms with E-state index in [1.54, 1.807) is 0 Å². The topological polar surface area (TPSA) is 75.1 Å². The van der Waals surface area contributed by atoms with Crippen molar-refractivity contribution in [2.75, 3.05) is 18.1 Å². The fourth-order valence-corrected chi connectivity index (χ4v) is 1.26. The summed E-state index contributed by atoms with van der Waals surface area (Å²) in [5.41, 5.74) is 0.102. The van der Waals surface area contributed by atoms with E-state index in [-0.39, 0.29) is 5.56 Å². The highest BCUT2D eigenvalue weighted by atomic mass is 32.2. The van der Waals surface area contributed by atoms with Crippen LogP contribution < -0.4 is 5.32 Å². The molecule has 0 aliphatic heterocycles. The summed E-state index contributed by atoms with van der Waals surface area (Å²) in [5, 5.41) is 12.3. The highest BCUT2D eigenvalue weighted by Gasteiger charge is 2.12. The first-order valence-corrected chi connectivity index (χ1v) is 5.29. The van der Waals surface area contributed by atoms with Gasteiger partial charge < -0.3 is 10.4 Å². The van der Waals surface area contributed by atoms with Gasteiger partial charge in [-0.05, 0) is 13.2 Å². The third-order valence-electron chi connectivity index (χ3n) is 1.52. The van der Waals surface area contributed by atoms with Gasteiger partial charge in [-0.1, -0.05) is 11.8 Å². The molecule has 76 valence electrons. The summed E-state index contributed by atoms with van der Waals surface area (Å²) in [7, 11) is 0. The molecule has 0 spiro atoms. The normalized spacial score (nSPS) is 9.86. The largest absolute Gasteiger partial charge is 0.477 e. The van der Waals surface area contributed by atoms with Gasteiger partial charge in [-0.3, -0.25) is 0 Å². The van der Waals surface area contributed by atoms with Crippen LogP contribution in [0.2, 0.25) is 0 Å². The van der Waals surface area contributed by atoms with Crippen LogP contribution in [0, 0.1) is 0 Å². The maximum absolute atomic E-state index is 10.8. The Morgan fingerprint density at radius 3 is 2.93 bits per heavy atom. The zero-order chi connectivity index (χ0) is 10.6. The van der Waals surface area contributed by atoms with Gasteiger partial charge in [-0.15, -0.1) is 0 Å². The molecule has 1 rings (SSSR count). The molecule has 0 amide bonds. The molecule has 1 heterocycles. The molecular weight excluding hydrogens is 202 g/mol. The van der Waals surface area contributed by atoms with Crippen LogP contribution in [0.15, 0.2) is 11.4 Å². The molecule has 0 aliphatic carbocycles. The van der Waals surface area contributed by atoms with E-state index in [0.29, 0.717) is 17.5 Å². The standard InChI is InChI=1S/C8H11N3O2S/c1-3-9-6-5(7(12)13)4-10-8(11-6)14-2/h4H,3H2,1-2H3,(H,12,13)(H,9,10,11). The summed E-state index contributed by atoms with van der Waals surface area (Å²) < 4.78 is 0. The number of carboxylic acids is 1. The van der Waals surface area contributed by atoms with Gasteiger partial charge in [-0.25, -0.2) is 14.8 Å². The second-order valence-corrected chi connectivity index (χ2v) is 3.23. The van der Waals surface area contributed by atoms with Crippen LogP contribution in [0.5, 0.6) is 0 Å². The fourth-order valence-electron chi connectivity index (χ4n) is 0.923. The summed E-state index contributed by atoms with van der Waals surface area (Å²) >= 11 is 1.37. The lowest BCUT2D eigenvalue weighted by atomic mass is 10.3. The van der Waals surface area contributed by atoms with E-state index >= 15 is 0 Å². The molecule has 0 unspecified atom stereocenters. The molecule has 0 saturated heterocycles. The zero-order valence-corrected chi connectivity index (χ0v) is 8.76. The van der Waals surface area contributed by atoms with E-state index in [2.05, 4.69) is 15.3 Å². The second kappa shape index (κ2) is 4.80. The predicted octanol–water partition coefficient (Wildman–Crippen LogP) is 1.33. The molecule has 14 heavy (non-hydrogen) atoms. The summed E-state index contributed by atoms with van der Waals surface area (Å²) in [4.78, 5) is 18.7. The molecule has 0 bridgehead atoms. The number of carboxylic acid groups (broad SMARTS) is 1. The number of aromatic carboxylic acids is 1. The minimum absolute atomic E-state index is 0.102. The second-order valence-electron chi connectivity index (χ2n) is 2.45. The summed E-state index contributed by atoms with van der Waals surface area (Å²) in [5.74, 6) is -0.645. The maximum Gasteiger partial charge on any atom is 0.341 e. The van der Waals surface area contributed by atoms with Crippen LogP contribution in [0.25, 0.3) is 0 Å². The third kappa shape index (κ3) is 2.35. The van der Waals surface area contributed by atoms with Crippen molar-refractivity contribution in [2.45, 2.75) is 12.1 Å². The highest BCUT2D eigenvalue weighted by molar-refractivity contribution is 7.98. The Kier molecular flexibility index (Phi) is 3.70. The Balaban J connectivity index is 3.10. The van der Waals surface area contributed by atoms with Crippen molar-refractivity contribution in [3.63, 3.8) is 0 Å². The van der Waals surface area contributed by atoms with Crippen molar-refractivity contribution in [2.24, 2.45) is 0 Å². The van der Waals surface area contributed by atoms with E-state index in [1.165, 1.54) is 18.0 Å². The molecule has 2 N–H and O–H groups in total. The van der Waals surface area contributed by atoms with Crippen molar-refractivity contribution in [1.29, 1.82) is 0 Å².